The molecule has 0 aliphatic heterocycles. The molecule has 114 valence electrons. The van der Waals surface area contributed by atoms with Gasteiger partial charge in [0.2, 0.25) is 0 Å². The normalized spacial score (nSPS) is 10.9. The fraction of sp³-hybridized carbons (Fsp3) is 0.500. The van der Waals surface area contributed by atoms with Crippen LogP contribution in [0.2, 0.25) is 0 Å². The van der Waals surface area contributed by atoms with Crippen molar-refractivity contribution < 1.29 is 4.74 Å². The highest BCUT2D eigenvalue weighted by Gasteiger charge is 2.09. The van der Waals surface area contributed by atoms with Gasteiger partial charge in [-0.3, -0.25) is 0 Å². The minimum atomic E-state index is 0.678. The summed E-state index contributed by atoms with van der Waals surface area (Å²) in [6, 6.07) is 6.31. The van der Waals surface area contributed by atoms with Crippen LogP contribution in [0.3, 0.4) is 0 Å². The second kappa shape index (κ2) is 7.22. The maximum absolute atomic E-state index is 5.46. The van der Waals surface area contributed by atoms with Crippen molar-refractivity contribution in [3.8, 4) is 5.75 Å². The molecule has 0 aliphatic carbocycles. The molecule has 0 fully saturated rings. The summed E-state index contributed by atoms with van der Waals surface area (Å²) < 4.78 is 7.38. The topological polar surface area (TPSA) is 52.0 Å². The smallest absolute Gasteiger partial charge is 0.147 e. The molecule has 2 rings (SSSR count). The molecule has 2 aromatic rings. The fourth-order valence-electron chi connectivity index (χ4n) is 2.35. The van der Waals surface area contributed by atoms with Gasteiger partial charge in [-0.1, -0.05) is 13.0 Å². The van der Waals surface area contributed by atoms with Crippen LogP contribution in [0, 0.1) is 13.8 Å². The van der Waals surface area contributed by atoms with Crippen molar-refractivity contribution in [1.29, 1.82) is 0 Å². The monoisotopic (exact) mass is 288 g/mol. The van der Waals surface area contributed by atoms with Crippen LogP contribution in [0.25, 0.3) is 0 Å². The van der Waals surface area contributed by atoms with Crippen LogP contribution in [0.4, 0.5) is 0 Å². The number of hydrogen-bond donors (Lipinski definition) is 1. The first kappa shape index (κ1) is 15.5. The minimum Gasteiger partial charge on any atom is -0.496 e. The summed E-state index contributed by atoms with van der Waals surface area (Å²) in [7, 11) is 1.70. The van der Waals surface area contributed by atoms with Gasteiger partial charge in [0, 0.05) is 12.1 Å². The lowest BCUT2D eigenvalue weighted by Crippen LogP contribution is -2.14. The number of nitrogens with zero attached hydrogens (tertiary/aromatic N) is 3. The molecule has 0 atom stereocenters. The summed E-state index contributed by atoms with van der Waals surface area (Å²) in [5.74, 6) is 2.61. The quantitative estimate of drug-likeness (QED) is 0.795. The van der Waals surface area contributed by atoms with Gasteiger partial charge in [0.1, 0.15) is 17.4 Å². The predicted molar refractivity (Wildman–Crippen MR) is 83.6 cm³/mol. The van der Waals surface area contributed by atoms with E-state index in [-0.39, 0.29) is 0 Å². The van der Waals surface area contributed by atoms with Gasteiger partial charge in [-0.05, 0) is 44.5 Å². The Morgan fingerprint density at radius 3 is 2.71 bits per heavy atom. The van der Waals surface area contributed by atoms with Gasteiger partial charge in [-0.2, -0.15) is 5.10 Å². The Balaban J connectivity index is 2.19. The van der Waals surface area contributed by atoms with E-state index in [9.17, 15) is 0 Å². The van der Waals surface area contributed by atoms with Crippen LogP contribution < -0.4 is 10.1 Å². The number of methoxy groups -OCH3 is 1. The molecule has 1 aromatic heterocycles. The number of hydrogen-bond acceptors (Lipinski definition) is 4. The van der Waals surface area contributed by atoms with E-state index in [1.54, 1.807) is 7.11 Å². The van der Waals surface area contributed by atoms with Crippen molar-refractivity contribution >= 4 is 0 Å². The van der Waals surface area contributed by atoms with Crippen molar-refractivity contribution in [3.05, 3.63) is 41.0 Å². The van der Waals surface area contributed by atoms with Gasteiger partial charge >= 0.3 is 0 Å². The molecule has 5 nitrogen and oxygen atoms in total. The molecular weight excluding hydrogens is 264 g/mol. The van der Waals surface area contributed by atoms with E-state index in [0.29, 0.717) is 6.54 Å². The Kier molecular flexibility index (Phi) is 5.33. The number of ether oxygens (including phenoxy) is 1. The number of rotatable bonds is 7. The van der Waals surface area contributed by atoms with Crippen molar-refractivity contribution in [2.24, 2.45) is 0 Å². The van der Waals surface area contributed by atoms with Crippen molar-refractivity contribution in [1.82, 2.24) is 20.1 Å². The van der Waals surface area contributed by atoms with Gasteiger partial charge in [-0.15, -0.1) is 0 Å². The van der Waals surface area contributed by atoms with Gasteiger partial charge in [-0.25, -0.2) is 9.67 Å². The Labute approximate surface area is 126 Å². The second-order valence-corrected chi connectivity index (χ2v) is 5.19. The molecule has 1 N–H and O–H groups in total. The molecular formula is C16H24N4O. The molecule has 0 aliphatic rings. The molecule has 0 saturated carbocycles. The third-order valence-electron chi connectivity index (χ3n) is 3.38. The zero-order valence-corrected chi connectivity index (χ0v) is 13.3. The molecule has 1 aromatic carbocycles. The van der Waals surface area contributed by atoms with E-state index in [1.165, 1.54) is 5.56 Å². The summed E-state index contributed by atoms with van der Waals surface area (Å²) >= 11 is 0. The van der Waals surface area contributed by atoms with Gasteiger partial charge < -0.3 is 10.1 Å². The Morgan fingerprint density at radius 1 is 1.29 bits per heavy atom. The third kappa shape index (κ3) is 4.04. The van der Waals surface area contributed by atoms with Gasteiger partial charge in [0.25, 0.3) is 0 Å². The molecule has 0 spiro atoms. The zero-order chi connectivity index (χ0) is 15.2. The standard InChI is InChI=1S/C16H24N4O/c1-5-8-17-10-14-6-7-16(21-4)15(9-14)11-20-13(3)18-12(2)19-20/h6-7,9,17H,5,8,10-11H2,1-4H3. The Bertz CT molecular complexity index is 592. The number of aryl methyl sites for hydroxylation is 2. The van der Waals surface area contributed by atoms with Crippen LogP contribution >= 0.6 is 0 Å². The van der Waals surface area contributed by atoms with Crippen LogP contribution in [0.15, 0.2) is 18.2 Å². The van der Waals surface area contributed by atoms with Crippen LogP contribution in [0.5, 0.6) is 5.75 Å². The molecule has 0 unspecified atom stereocenters. The van der Waals surface area contributed by atoms with E-state index >= 15 is 0 Å². The second-order valence-electron chi connectivity index (χ2n) is 5.19. The van der Waals surface area contributed by atoms with Gasteiger partial charge in [0.15, 0.2) is 0 Å². The van der Waals surface area contributed by atoms with E-state index in [0.717, 1.165) is 42.5 Å². The lowest BCUT2D eigenvalue weighted by Gasteiger charge is -2.12. The van der Waals surface area contributed by atoms with E-state index < -0.39 is 0 Å². The summed E-state index contributed by atoms with van der Waals surface area (Å²) in [5.41, 5.74) is 2.38. The largest absolute Gasteiger partial charge is 0.496 e. The average Bonchev–Trinajstić information content (AvgIpc) is 2.77. The lowest BCUT2D eigenvalue weighted by atomic mass is 10.1. The van der Waals surface area contributed by atoms with E-state index in [1.807, 2.05) is 24.6 Å². The van der Waals surface area contributed by atoms with Crippen LogP contribution in [0.1, 0.15) is 36.1 Å². The molecule has 0 saturated heterocycles. The summed E-state index contributed by atoms with van der Waals surface area (Å²) in [4.78, 5) is 4.34. The van der Waals surface area contributed by atoms with Crippen molar-refractivity contribution in [2.75, 3.05) is 13.7 Å². The highest BCUT2D eigenvalue weighted by atomic mass is 16.5. The average molecular weight is 288 g/mol. The van der Waals surface area contributed by atoms with E-state index in [2.05, 4.69) is 34.5 Å². The molecule has 0 bridgehead atoms. The number of aromatic nitrogens is 3. The van der Waals surface area contributed by atoms with Crippen molar-refractivity contribution in [3.63, 3.8) is 0 Å². The molecule has 21 heavy (non-hydrogen) atoms. The molecule has 5 heteroatoms. The highest BCUT2D eigenvalue weighted by Crippen LogP contribution is 2.21. The predicted octanol–water partition coefficient (Wildman–Crippen LogP) is 2.45. The number of benzene rings is 1. The summed E-state index contributed by atoms with van der Waals surface area (Å²) in [6.07, 6.45) is 1.14. The summed E-state index contributed by atoms with van der Waals surface area (Å²) in [6.45, 7) is 8.63. The molecule has 0 radical (unpaired) electrons. The minimum absolute atomic E-state index is 0.678. The lowest BCUT2D eigenvalue weighted by molar-refractivity contribution is 0.406. The highest BCUT2D eigenvalue weighted by molar-refractivity contribution is 5.37. The fourth-order valence-corrected chi connectivity index (χ4v) is 2.35. The third-order valence-corrected chi connectivity index (χ3v) is 3.38. The first-order chi connectivity index (χ1) is 10.1. The maximum Gasteiger partial charge on any atom is 0.147 e. The van der Waals surface area contributed by atoms with Gasteiger partial charge in [0.05, 0.1) is 13.7 Å². The van der Waals surface area contributed by atoms with E-state index in [4.69, 9.17) is 4.74 Å². The number of nitrogens with one attached hydrogen (secondary N) is 1. The maximum atomic E-state index is 5.46. The van der Waals surface area contributed by atoms with Crippen molar-refractivity contribution in [2.45, 2.75) is 40.3 Å². The Hall–Kier alpha value is -1.88. The Morgan fingerprint density at radius 2 is 2.10 bits per heavy atom. The van der Waals surface area contributed by atoms with Crippen LogP contribution in [-0.4, -0.2) is 28.4 Å². The van der Waals surface area contributed by atoms with Crippen LogP contribution in [-0.2, 0) is 13.1 Å². The first-order valence-electron chi connectivity index (χ1n) is 7.38. The molecule has 1 heterocycles. The first-order valence-corrected chi connectivity index (χ1v) is 7.38. The zero-order valence-electron chi connectivity index (χ0n) is 13.3. The molecule has 0 amide bonds. The SMILES string of the molecule is CCCNCc1ccc(OC)c(Cn2nc(C)nc2C)c1. The summed E-state index contributed by atoms with van der Waals surface area (Å²) in [5, 5.41) is 7.84.